The normalized spacial score (nSPS) is 17.9. The van der Waals surface area contributed by atoms with E-state index < -0.39 is 18.0 Å². The fourth-order valence-electron chi connectivity index (χ4n) is 3.66. The summed E-state index contributed by atoms with van der Waals surface area (Å²) >= 11 is 0. The van der Waals surface area contributed by atoms with Crippen LogP contribution in [0.1, 0.15) is 71.1 Å². The van der Waals surface area contributed by atoms with Gasteiger partial charge in [-0.25, -0.2) is 4.79 Å². The number of aliphatic hydroxyl groups is 1. The fraction of sp³-hybridized carbons (Fsp3) is 0.429. The SMILES string of the molecule is CCOC(=O)c1ccccc1NC(=O)c1oc2c(c1C)C(O)CC(C)(C)C2. The van der Waals surface area contributed by atoms with Crippen LogP contribution in [0.25, 0.3) is 0 Å². The van der Waals surface area contributed by atoms with Crippen molar-refractivity contribution in [3.8, 4) is 0 Å². The Kier molecular flexibility index (Phi) is 5.11. The number of hydrogen-bond donors (Lipinski definition) is 2. The molecule has 0 aliphatic heterocycles. The van der Waals surface area contributed by atoms with Crippen molar-refractivity contribution in [1.82, 2.24) is 0 Å². The second kappa shape index (κ2) is 7.19. The van der Waals surface area contributed by atoms with E-state index in [0.717, 1.165) is 0 Å². The van der Waals surface area contributed by atoms with Gasteiger partial charge in [0.15, 0.2) is 5.76 Å². The third kappa shape index (κ3) is 3.76. The molecule has 6 nitrogen and oxygen atoms in total. The highest BCUT2D eigenvalue weighted by Crippen LogP contribution is 2.44. The summed E-state index contributed by atoms with van der Waals surface area (Å²) in [4.78, 5) is 24.9. The van der Waals surface area contributed by atoms with Crippen LogP contribution in [0.5, 0.6) is 0 Å². The first kappa shape index (κ1) is 19.2. The molecule has 0 saturated heterocycles. The van der Waals surface area contributed by atoms with Gasteiger partial charge in [-0.15, -0.1) is 0 Å². The molecular formula is C21H25NO5. The van der Waals surface area contributed by atoms with Crippen LogP contribution in [0.2, 0.25) is 0 Å². The topological polar surface area (TPSA) is 88.8 Å². The molecule has 2 aromatic rings. The second-order valence-electron chi connectivity index (χ2n) is 7.67. The Morgan fingerprint density at radius 3 is 2.74 bits per heavy atom. The van der Waals surface area contributed by atoms with Gasteiger partial charge in [-0.3, -0.25) is 4.79 Å². The highest BCUT2D eigenvalue weighted by atomic mass is 16.5. The van der Waals surface area contributed by atoms with Crippen molar-refractivity contribution in [3.05, 3.63) is 52.5 Å². The molecule has 1 atom stereocenters. The van der Waals surface area contributed by atoms with Gasteiger partial charge in [0, 0.05) is 17.5 Å². The summed E-state index contributed by atoms with van der Waals surface area (Å²) in [6.45, 7) is 7.87. The molecule has 1 aliphatic rings. The monoisotopic (exact) mass is 371 g/mol. The zero-order chi connectivity index (χ0) is 19.8. The third-order valence-corrected chi connectivity index (χ3v) is 4.87. The van der Waals surface area contributed by atoms with Gasteiger partial charge in [-0.1, -0.05) is 26.0 Å². The number of hydrogen-bond acceptors (Lipinski definition) is 5. The number of anilines is 1. The molecule has 0 fully saturated rings. The number of rotatable bonds is 4. The van der Waals surface area contributed by atoms with Gasteiger partial charge in [0.25, 0.3) is 5.91 Å². The molecule has 0 bridgehead atoms. The smallest absolute Gasteiger partial charge is 0.340 e. The zero-order valence-corrected chi connectivity index (χ0v) is 16.1. The summed E-state index contributed by atoms with van der Waals surface area (Å²) in [7, 11) is 0. The largest absolute Gasteiger partial charge is 0.462 e. The minimum absolute atomic E-state index is 0.0963. The Hall–Kier alpha value is -2.60. The van der Waals surface area contributed by atoms with Crippen molar-refractivity contribution in [2.24, 2.45) is 5.41 Å². The van der Waals surface area contributed by atoms with Crippen LogP contribution in [0.3, 0.4) is 0 Å². The van der Waals surface area contributed by atoms with E-state index >= 15 is 0 Å². The van der Waals surface area contributed by atoms with Gasteiger partial charge in [-0.05, 0) is 37.8 Å². The highest BCUT2D eigenvalue weighted by molar-refractivity contribution is 6.07. The van der Waals surface area contributed by atoms with Crippen LogP contribution in [0, 0.1) is 12.3 Å². The average molecular weight is 371 g/mol. The predicted octanol–water partition coefficient (Wildman–Crippen LogP) is 4.02. The molecule has 3 rings (SSSR count). The van der Waals surface area contributed by atoms with Crippen molar-refractivity contribution < 1.29 is 23.8 Å². The zero-order valence-electron chi connectivity index (χ0n) is 16.1. The quantitative estimate of drug-likeness (QED) is 0.793. The highest BCUT2D eigenvalue weighted by Gasteiger charge is 2.37. The minimum atomic E-state index is -0.652. The van der Waals surface area contributed by atoms with Gasteiger partial charge in [0.1, 0.15) is 5.76 Å². The van der Waals surface area contributed by atoms with Gasteiger partial charge in [0.2, 0.25) is 0 Å². The first-order chi connectivity index (χ1) is 12.7. The summed E-state index contributed by atoms with van der Waals surface area (Å²) in [6.07, 6.45) is 0.626. The molecule has 0 radical (unpaired) electrons. The van der Waals surface area contributed by atoms with Crippen molar-refractivity contribution >= 4 is 17.6 Å². The summed E-state index contributed by atoms with van der Waals surface area (Å²) in [5, 5.41) is 13.2. The number of furan rings is 1. The number of carbonyl (C=O) groups is 2. The summed E-state index contributed by atoms with van der Waals surface area (Å²) in [5.74, 6) is -0.139. The Labute approximate surface area is 158 Å². The van der Waals surface area contributed by atoms with Crippen LogP contribution in [-0.4, -0.2) is 23.6 Å². The average Bonchev–Trinajstić information content (AvgIpc) is 2.91. The van der Waals surface area contributed by atoms with E-state index in [2.05, 4.69) is 19.2 Å². The first-order valence-corrected chi connectivity index (χ1v) is 9.11. The Morgan fingerprint density at radius 2 is 2.04 bits per heavy atom. The predicted molar refractivity (Wildman–Crippen MR) is 101 cm³/mol. The molecule has 6 heteroatoms. The number of ether oxygens (including phenoxy) is 1. The van der Waals surface area contributed by atoms with Gasteiger partial charge in [0.05, 0.1) is 24.0 Å². The van der Waals surface area contributed by atoms with Crippen LogP contribution >= 0.6 is 0 Å². The number of para-hydroxylation sites is 1. The van der Waals surface area contributed by atoms with E-state index in [1.807, 2.05) is 0 Å². The molecule has 144 valence electrons. The third-order valence-electron chi connectivity index (χ3n) is 4.87. The molecule has 1 aromatic heterocycles. The fourth-order valence-corrected chi connectivity index (χ4v) is 3.66. The van der Waals surface area contributed by atoms with Crippen LogP contribution in [-0.2, 0) is 11.2 Å². The lowest BCUT2D eigenvalue weighted by atomic mass is 9.75. The maximum atomic E-state index is 12.8. The molecule has 1 amide bonds. The maximum Gasteiger partial charge on any atom is 0.340 e. The lowest BCUT2D eigenvalue weighted by Crippen LogP contribution is -2.24. The number of benzene rings is 1. The molecule has 0 spiro atoms. The van der Waals surface area contributed by atoms with Gasteiger partial charge in [-0.2, -0.15) is 0 Å². The number of carbonyl (C=O) groups excluding carboxylic acids is 2. The van der Waals surface area contributed by atoms with Crippen LogP contribution in [0.15, 0.2) is 28.7 Å². The van der Waals surface area contributed by atoms with E-state index in [1.165, 1.54) is 0 Å². The molecule has 2 N–H and O–H groups in total. The van der Waals surface area contributed by atoms with E-state index in [1.54, 1.807) is 38.1 Å². The molecule has 1 aliphatic carbocycles. The Balaban J connectivity index is 1.90. The summed E-state index contributed by atoms with van der Waals surface area (Å²) in [5.41, 5.74) is 1.89. The molecule has 1 unspecified atom stereocenters. The standard InChI is InChI=1S/C21H25NO5/c1-5-26-20(25)13-8-6-7-9-14(13)22-19(24)18-12(2)17-15(23)10-21(3,4)11-16(17)27-18/h6-9,15,23H,5,10-11H2,1-4H3,(H,22,24). The lowest BCUT2D eigenvalue weighted by molar-refractivity contribution is 0.0527. The molecule has 27 heavy (non-hydrogen) atoms. The summed E-state index contributed by atoms with van der Waals surface area (Å²) in [6, 6.07) is 6.67. The van der Waals surface area contributed by atoms with E-state index in [-0.39, 0.29) is 23.3 Å². The number of esters is 1. The lowest BCUT2D eigenvalue weighted by Gasteiger charge is -2.31. The number of amides is 1. The number of fused-ring (bicyclic) bond motifs is 1. The van der Waals surface area contributed by atoms with Crippen molar-refractivity contribution in [1.29, 1.82) is 0 Å². The first-order valence-electron chi connectivity index (χ1n) is 9.11. The van der Waals surface area contributed by atoms with Crippen LogP contribution < -0.4 is 5.32 Å². The second-order valence-corrected chi connectivity index (χ2v) is 7.67. The number of nitrogens with one attached hydrogen (secondary N) is 1. The molecular weight excluding hydrogens is 346 g/mol. The maximum absolute atomic E-state index is 12.8. The van der Waals surface area contributed by atoms with Crippen molar-refractivity contribution in [2.75, 3.05) is 11.9 Å². The van der Waals surface area contributed by atoms with Crippen molar-refractivity contribution in [3.63, 3.8) is 0 Å². The Morgan fingerprint density at radius 1 is 1.33 bits per heavy atom. The van der Waals surface area contributed by atoms with Crippen LogP contribution in [0.4, 0.5) is 5.69 Å². The molecule has 0 saturated carbocycles. The Bertz CT molecular complexity index is 881. The van der Waals surface area contributed by atoms with Gasteiger partial charge >= 0.3 is 5.97 Å². The number of aliphatic hydroxyl groups excluding tert-OH is 1. The van der Waals surface area contributed by atoms with E-state index in [0.29, 0.717) is 35.4 Å². The molecule has 1 heterocycles. The summed E-state index contributed by atoms with van der Waals surface area (Å²) < 4.78 is 10.9. The van der Waals surface area contributed by atoms with Gasteiger partial charge < -0.3 is 19.6 Å². The van der Waals surface area contributed by atoms with E-state index in [9.17, 15) is 14.7 Å². The molecule has 1 aromatic carbocycles. The minimum Gasteiger partial charge on any atom is -0.462 e. The van der Waals surface area contributed by atoms with Crippen molar-refractivity contribution in [2.45, 2.75) is 46.6 Å². The van der Waals surface area contributed by atoms with E-state index in [4.69, 9.17) is 9.15 Å².